The average Bonchev–Trinajstić information content (AvgIpc) is 3.21. The van der Waals surface area contributed by atoms with Gasteiger partial charge in [0, 0.05) is 22.7 Å². The summed E-state index contributed by atoms with van der Waals surface area (Å²) >= 11 is 0. The van der Waals surface area contributed by atoms with Crippen LogP contribution in [0.4, 0.5) is 13.2 Å². The predicted molar refractivity (Wildman–Crippen MR) is 115 cm³/mol. The SMILES string of the molecule is COc1ccc2[nH]cc([C@](CC(F)(F)F)(c3ccc(O)cc3)c3ccc(C=O)cc3)c2c1. The molecule has 0 unspecified atom stereocenters. The number of carbonyl (C=O) groups is 1. The minimum atomic E-state index is -4.52. The third-order valence-corrected chi connectivity index (χ3v) is 5.71. The number of methoxy groups -OCH3 is 1. The molecule has 7 heteroatoms. The molecule has 0 fully saturated rings. The number of aromatic hydroxyl groups is 1. The van der Waals surface area contributed by atoms with Gasteiger partial charge in [0.05, 0.1) is 18.9 Å². The first kappa shape index (κ1) is 21.5. The Morgan fingerprint density at radius 3 is 2.16 bits per heavy atom. The van der Waals surface area contributed by atoms with E-state index in [-0.39, 0.29) is 5.75 Å². The van der Waals surface area contributed by atoms with Crippen LogP contribution in [0.5, 0.6) is 11.5 Å². The zero-order valence-electron chi connectivity index (χ0n) is 17.1. The summed E-state index contributed by atoms with van der Waals surface area (Å²) in [6, 6.07) is 17.0. The van der Waals surface area contributed by atoms with E-state index in [9.17, 15) is 23.1 Å². The van der Waals surface area contributed by atoms with Crippen LogP contribution in [0.15, 0.2) is 72.9 Å². The number of aromatic nitrogens is 1. The summed E-state index contributed by atoms with van der Waals surface area (Å²) in [7, 11) is 1.49. The summed E-state index contributed by atoms with van der Waals surface area (Å²) in [5.74, 6) is 0.466. The van der Waals surface area contributed by atoms with Crippen LogP contribution in [-0.2, 0) is 5.41 Å². The van der Waals surface area contributed by atoms with Gasteiger partial charge in [-0.25, -0.2) is 0 Å². The van der Waals surface area contributed by atoms with Crippen molar-refractivity contribution >= 4 is 17.2 Å². The van der Waals surface area contributed by atoms with Crippen LogP contribution in [0, 0.1) is 0 Å². The zero-order valence-corrected chi connectivity index (χ0v) is 17.1. The molecule has 164 valence electrons. The predicted octanol–water partition coefficient (Wildman–Crippen LogP) is 5.98. The van der Waals surface area contributed by atoms with E-state index in [0.717, 1.165) is 0 Å². The number of H-pyrrole nitrogens is 1. The van der Waals surface area contributed by atoms with E-state index in [1.54, 1.807) is 36.5 Å². The van der Waals surface area contributed by atoms with E-state index in [1.165, 1.54) is 43.5 Å². The first-order chi connectivity index (χ1) is 15.3. The first-order valence-electron chi connectivity index (χ1n) is 9.84. The van der Waals surface area contributed by atoms with Gasteiger partial charge in [-0.15, -0.1) is 0 Å². The highest BCUT2D eigenvalue weighted by Crippen LogP contribution is 2.49. The van der Waals surface area contributed by atoms with E-state index in [0.29, 0.717) is 45.2 Å². The average molecular weight is 439 g/mol. The highest BCUT2D eigenvalue weighted by Gasteiger charge is 2.47. The summed E-state index contributed by atoms with van der Waals surface area (Å²) < 4.78 is 47.7. The summed E-state index contributed by atoms with van der Waals surface area (Å²) in [6.07, 6.45) is -3.48. The molecule has 0 amide bonds. The molecule has 1 heterocycles. The molecule has 1 aromatic heterocycles. The van der Waals surface area contributed by atoms with Crippen LogP contribution in [0.25, 0.3) is 10.9 Å². The largest absolute Gasteiger partial charge is 0.508 e. The number of aldehydes is 1. The van der Waals surface area contributed by atoms with Crippen LogP contribution < -0.4 is 4.74 Å². The number of fused-ring (bicyclic) bond motifs is 1. The fourth-order valence-electron chi connectivity index (χ4n) is 4.25. The number of aromatic amines is 1. The number of halogens is 3. The molecule has 0 aliphatic carbocycles. The van der Waals surface area contributed by atoms with Crippen LogP contribution >= 0.6 is 0 Å². The van der Waals surface area contributed by atoms with Crippen molar-refractivity contribution < 1.29 is 27.8 Å². The Hall–Kier alpha value is -3.74. The Bertz CT molecular complexity index is 1240. The standard InChI is InChI=1S/C25H20F3NO3/c1-32-20-10-11-23-21(12-20)22(13-29-23)24(15-25(26,27)28,18-6-8-19(31)9-7-18)17-4-2-16(14-30)3-5-17/h2-14,29,31H,15H2,1H3/t24-/m0/s1. The number of benzene rings is 3. The van der Waals surface area contributed by atoms with Crippen LogP contribution in [0.2, 0.25) is 0 Å². The van der Waals surface area contributed by atoms with Crippen LogP contribution in [0.3, 0.4) is 0 Å². The molecule has 0 saturated carbocycles. The molecule has 0 radical (unpaired) electrons. The fourth-order valence-corrected chi connectivity index (χ4v) is 4.25. The number of phenols is 1. The van der Waals surface area contributed by atoms with E-state index in [2.05, 4.69) is 4.98 Å². The molecular formula is C25H20F3NO3. The lowest BCUT2D eigenvalue weighted by molar-refractivity contribution is -0.142. The number of hydrogen-bond acceptors (Lipinski definition) is 3. The third-order valence-electron chi connectivity index (χ3n) is 5.71. The minimum absolute atomic E-state index is 0.0495. The van der Waals surface area contributed by atoms with Crippen molar-refractivity contribution in [1.82, 2.24) is 4.98 Å². The van der Waals surface area contributed by atoms with Crippen molar-refractivity contribution in [2.45, 2.75) is 18.0 Å². The highest BCUT2D eigenvalue weighted by atomic mass is 19.4. The Morgan fingerprint density at radius 1 is 0.969 bits per heavy atom. The van der Waals surface area contributed by atoms with Gasteiger partial charge in [0.1, 0.15) is 17.8 Å². The fraction of sp³-hybridized carbons (Fsp3) is 0.160. The van der Waals surface area contributed by atoms with Crippen molar-refractivity contribution in [3.8, 4) is 11.5 Å². The normalized spacial score (nSPS) is 13.6. The number of ether oxygens (including phenoxy) is 1. The molecule has 4 nitrogen and oxygen atoms in total. The van der Waals surface area contributed by atoms with Gasteiger partial charge in [0.25, 0.3) is 0 Å². The first-order valence-corrected chi connectivity index (χ1v) is 9.84. The van der Waals surface area contributed by atoms with Crippen LogP contribution in [0.1, 0.15) is 33.5 Å². The van der Waals surface area contributed by atoms with Gasteiger partial charge in [-0.05, 0) is 47.0 Å². The number of carbonyl (C=O) groups excluding carboxylic acids is 1. The van der Waals surface area contributed by atoms with Gasteiger partial charge < -0.3 is 14.8 Å². The van der Waals surface area contributed by atoms with Crippen molar-refractivity contribution in [1.29, 1.82) is 0 Å². The van der Waals surface area contributed by atoms with Gasteiger partial charge >= 0.3 is 6.18 Å². The highest BCUT2D eigenvalue weighted by molar-refractivity contribution is 5.87. The molecular weight excluding hydrogens is 419 g/mol. The molecule has 0 aliphatic rings. The Morgan fingerprint density at radius 2 is 1.59 bits per heavy atom. The maximum Gasteiger partial charge on any atom is 0.390 e. The smallest absolute Gasteiger partial charge is 0.390 e. The van der Waals surface area contributed by atoms with Crippen molar-refractivity contribution in [2.24, 2.45) is 0 Å². The molecule has 2 N–H and O–H groups in total. The number of nitrogens with one attached hydrogen (secondary N) is 1. The molecule has 0 saturated heterocycles. The number of hydrogen-bond donors (Lipinski definition) is 2. The molecule has 3 aromatic carbocycles. The van der Waals surface area contributed by atoms with Gasteiger partial charge in [-0.3, -0.25) is 4.79 Å². The second-order valence-corrected chi connectivity index (χ2v) is 7.60. The quantitative estimate of drug-likeness (QED) is 0.363. The second-order valence-electron chi connectivity index (χ2n) is 7.60. The summed E-state index contributed by atoms with van der Waals surface area (Å²) in [5.41, 5.74) is 0.521. The minimum Gasteiger partial charge on any atom is -0.508 e. The molecule has 32 heavy (non-hydrogen) atoms. The lowest BCUT2D eigenvalue weighted by atomic mass is 9.67. The lowest BCUT2D eigenvalue weighted by Gasteiger charge is -2.36. The number of phenolic OH excluding ortho intramolecular Hbond substituents is 1. The topological polar surface area (TPSA) is 62.3 Å². The Labute approximate surface area is 182 Å². The van der Waals surface area contributed by atoms with Crippen molar-refractivity contribution in [2.75, 3.05) is 7.11 Å². The Balaban J connectivity index is 2.10. The molecule has 0 spiro atoms. The monoisotopic (exact) mass is 439 g/mol. The number of alkyl halides is 3. The molecule has 4 aromatic rings. The maximum atomic E-state index is 14.1. The molecule has 0 aliphatic heterocycles. The lowest BCUT2D eigenvalue weighted by Crippen LogP contribution is -2.35. The zero-order chi connectivity index (χ0) is 22.9. The van der Waals surface area contributed by atoms with Crippen LogP contribution in [-0.4, -0.2) is 29.7 Å². The van der Waals surface area contributed by atoms with E-state index in [4.69, 9.17) is 4.74 Å². The second kappa shape index (κ2) is 8.07. The molecule has 1 atom stereocenters. The van der Waals surface area contributed by atoms with Gasteiger partial charge in [-0.1, -0.05) is 36.4 Å². The van der Waals surface area contributed by atoms with E-state index in [1.807, 2.05) is 0 Å². The number of rotatable bonds is 6. The maximum absolute atomic E-state index is 14.1. The van der Waals surface area contributed by atoms with E-state index >= 15 is 0 Å². The third kappa shape index (κ3) is 3.82. The van der Waals surface area contributed by atoms with Crippen molar-refractivity contribution in [3.63, 3.8) is 0 Å². The Kier molecular flexibility index (Phi) is 5.42. The summed E-state index contributed by atoms with van der Waals surface area (Å²) in [4.78, 5) is 14.2. The van der Waals surface area contributed by atoms with Gasteiger partial charge in [0.2, 0.25) is 0 Å². The summed E-state index contributed by atoms with van der Waals surface area (Å²) in [5, 5.41) is 10.4. The van der Waals surface area contributed by atoms with E-state index < -0.39 is 18.0 Å². The summed E-state index contributed by atoms with van der Waals surface area (Å²) in [6.45, 7) is 0. The molecule has 0 bridgehead atoms. The van der Waals surface area contributed by atoms with Gasteiger partial charge in [-0.2, -0.15) is 13.2 Å². The van der Waals surface area contributed by atoms with Crippen molar-refractivity contribution in [3.05, 3.63) is 95.2 Å². The molecule has 4 rings (SSSR count). The van der Waals surface area contributed by atoms with Gasteiger partial charge in [0.15, 0.2) is 0 Å².